The molecule has 7 heteroatoms. The van der Waals surface area contributed by atoms with Crippen molar-refractivity contribution in [1.82, 2.24) is 0 Å². The molecule has 1 aromatic carbocycles. The second kappa shape index (κ2) is 4.56. The fraction of sp³-hybridized carbons (Fsp3) is 0.364. The molecule has 0 amide bonds. The van der Waals surface area contributed by atoms with Gasteiger partial charge in [-0.3, -0.25) is 4.79 Å². The van der Waals surface area contributed by atoms with Crippen molar-refractivity contribution in [3.05, 3.63) is 24.0 Å². The number of carboxylic acid groups (broad SMARTS) is 1. The summed E-state index contributed by atoms with van der Waals surface area (Å²) in [6.45, 7) is 0.442. The Morgan fingerprint density at radius 1 is 1.44 bits per heavy atom. The van der Waals surface area contributed by atoms with Gasteiger partial charge in [-0.05, 0) is 18.2 Å². The molecule has 0 atom stereocenters. The molecule has 98 valence electrons. The first kappa shape index (κ1) is 12.8. The lowest BCUT2D eigenvalue weighted by atomic mass is 10.2. The van der Waals surface area contributed by atoms with Gasteiger partial charge in [0.2, 0.25) is 0 Å². The first-order valence-electron chi connectivity index (χ1n) is 5.39. The van der Waals surface area contributed by atoms with Crippen LogP contribution in [0.2, 0.25) is 0 Å². The molecular formula is C11H12FNO4S. The van der Waals surface area contributed by atoms with Gasteiger partial charge in [0.1, 0.15) is 5.82 Å². The fourth-order valence-electron chi connectivity index (χ4n) is 1.92. The molecule has 2 rings (SSSR count). The predicted molar refractivity (Wildman–Crippen MR) is 62.9 cm³/mol. The Kier molecular flexibility index (Phi) is 3.25. The fourth-order valence-corrected chi connectivity index (χ4v) is 3.41. The minimum Gasteiger partial charge on any atom is -0.481 e. The van der Waals surface area contributed by atoms with Gasteiger partial charge in [0.05, 0.1) is 22.8 Å². The summed E-state index contributed by atoms with van der Waals surface area (Å²) >= 11 is 0. The van der Waals surface area contributed by atoms with E-state index in [2.05, 4.69) is 0 Å². The van der Waals surface area contributed by atoms with E-state index in [0.717, 1.165) is 6.07 Å². The number of benzene rings is 1. The lowest BCUT2D eigenvalue weighted by molar-refractivity contribution is -0.136. The summed E-state index contributed by atoms with van der Waals surface area (Å²) in [5.41, 5.74) is 0.379. The van der Waals surface area contributed by atoms with Gasteiger partial charge in [-0.1, -0.05) is 0 Å². The number of rotatable bonds is 3. The molecular weight excluding hydrogens is 261 g/mol. The van der Waals surface area contributed by atoms with Gasteiger partial charge in [0.15, 0.2) is 9.84 Å². The van der Waals surface area contributed by atoms with Crippen molar-refractivity contribution < 1.29 is 22.7 Å². The Morgan fingerprint density at radius 2 is 2.17 bits per heavy atom. The van der Waals surface area contributed by atoms with Gasteiger partial charge in [-0.15, -0.1) is 0 Å². The standard InChI is InChI=1S/C11H12FNO4S/c12-8-1-2-9-10(7-8)18(16,17)6-5-13(9)4-3-11(14)15/h1-2,7H,3-6H2,(H,14,15). The second-order valence-electron chi connectivity index (χ2n) is 4.06. The van der Waals surface area contributed by atoms with Crippen LogP contribution >= 0.6 is 0 Å². The summed E-state index contributed by atoms with van der Waals surface area (Å²) in [5, 5.41) is 8.63. The summed E-state index contributed by atoms with van der Waals surface area (Å²) in [5.74, 6) is -1.69. The lowest BCUT2D eigenvalue weighted by Gasteiger charge is -2.30. The molecule has 18 heavy (non-hydrogen) atoms. The summed E-state index contributed by atoms with van der Waals surface area (Å²) < 4.78 is 36.7. The monoisotopic (exact) mass is 273 g/mol. The number of hydrogen-bond donors (Lipinski definition) is 1. The van der Waals surface area contributed by atoms with E-state index in [1.54, 1.807) is 4.90 Å². The van der Waals surface area contributed by atoms with E-state index >= 15 is 0 Å². The summed E-state index contributed by atoms with van der Waals surface area (Å²) in [4.78, 5) is 12.1. The van der Waals surface area contributed by atoms with Crippen molar-refractivity contribution in [3.63, 3.8) is 0 Å². The second-order valence-corrected chi connectivity index (χ2v) is 6.14. The van der Waals surface area contributed by atoms with E-state index in [-0.39, 0.29) is 30.2 Å². The molecule has 0 saturated carbocycles. The number of aliphatic carboxylic acids is 1. The maximum absolute atomic E-state index is 13.1. The Labute approximate surface area is 104 Å². The number of carbonyl (C=O) groups is 1. The molecule has 0 bridgehead atoms. The average molecular weight is 273 g/mol. The van der Waals surface area contributed by atoms with E-state index in [1.807, 2.05) is 0 Å². The maximum Gasteiger partial charge on any atom is 0.305 e. The highest BCUT2D eigenvalue weighted by Gasteiger charge is 2.28. The molecule has 0 radical (unpaired) electrons. The third-order valence-corrected chi connectivity index (χ3v) is 4.54. The summed E-state index contributed by atoms with van der Waals surface area (Å²) in [7, 11) is -3.47. The van der Waals surface area contributed by atoms with E-state index in [4.69, 9.17) is 5.11 Å². The van der Waals surface area contributed by atoms with Crippen molar-refractivity contribution in [2.45, 2.75) is 11.3 Å². The van der Waals surface area contributed by atoms with Gasteiger partial charge in [-0.25, -0.2) is 12.8 Å². The number of hydrogen-bond acceptors (Lipinski definition) is 4. The summed E-state index contributed by atoms with van der Waals surface area (Å²) in [6.07, 6.45) is -0.0864. The van der Waals surface area contributed by atoms with Crippen LogP contribution in [0.1, 0.15) is 6.42 Å². The van der Waals surface area contributed by atoms with Crippen LogP contribution < -0.4 is 4.90 Å². The van der Waals surface area contributed by atoms with Crippen LogP contribution in [0, 0.1) is 5.82 Å². The number of halogens is 1. The normalized spacial score (nSPS) is 17.3. The van der Waals surface area contributed by atoms with Crippen LogP contribution in [0.5, 0.6) is 0 Å². The van der Waals surface area contributed by atoms with Crippen LogP contribution in [0.15, 0.2) is 23.1 Å². The molecule has 1 aliphatic heterocycles. The highest BCUT2D eigenvalue weighted by molar-refractivity contribution is 7.91. The smallest absolute Gasteiger partial charge is 0.305 e. The zero-order chi connectivity index (χ0) is 13.3. The molecule has 1 aliphatic rings. The van der Waals surface area contributed by atoms with Gasteiger partial charge < -0.3 is 10.0 Å². The molecule has 0 unspecified atom stereocenters. The van der Waals surface area contributed by atoms with Gasteiger partial charge in [-0.2, -0.15) is 0 Å². The largest absolute Gasteiger partial charge is 0.481 e. The van der Waals surface area contributed by atoms with Crippen molar-refractivity contribution >= 4 is 21.5 Å². The summed E-state index contributed by atoms with van der Waals surface area (Å²) in [6, 6.07) is 3.54. The van der Waals surface area contributed by atoms with Crippen LogP contribution in [-0.4, -0.2) is 38.3 Å². The third kappa shape index (κ3) is 2.45. The first-order valence-corrected chi connectivity index (χ1v) is 7.04. The quantitative estimate of drug-likeness (QED) is 0.885. The zero-order valence-corrected chi connectivity index (χ0v) is 10.3. The average Bonchev–Trinajstić information content (AvgIpc) is 2.28. The molecule has 0 saturated heterocycles. The number of sulfone groups is 1. The number of nitrogens with zero attached hydrogens (tertiary/aromatic N) is 1. The Hall–Kier alpha value is -1.63. The third-order valence-electron chi connectivity index (χ3n) is 2.82. The van der Waals surface area contributed by atoms with Crippen LogP contribution in [-0.2, 0) is 14.6 Å². The molecule has 1 heterocycles. The predicted octanol–water partition coefficient (Wildman–Crippen LogP) is 0.894. The number of carboxylic acids is 1. The van der Waals surface area contributed by atoms with Crippen molar-refractivity contribution in [3.8, 4) is 0 Å². The molecule has 0 aliphatic carbocycles. The minimum atomic E-state index is -3.47. The van der Waals surface area contributed by atoms with Gasteiger partial charge in [0, 0.05) is 13.1 Å². The first-order chi connectivity index (χ1) is 8.40. The van der Waals surface area contributed by atoms with E-state index in [9.17, 15) is 17.6 Å². The molecule has 5 nitrogen and oxygen atoms in total. The molecule has 0 aromatic heterocycles. The highest BCUT2D eigenvalue weighted by atomic mass is 32.2. The molecule has 1 N–H and O–H groups in total. The van der Waals surface area contributed by atoms with Gasteiger partial charge in [0.25, 0.3) is 0 Å². The van der Waals surface area contributed by atoms with E-state index in [0.29, 0.717) is 5.69 Å². The Balaban J connectivity index is 2.37. The Morgan fingerprint density at radius 3 is 2.83 bits per heavy atom. The highest BCUT2D eigenvalue weighted by Crippen LogP contribution is 2.31. The van der Waals surface area contributed by atoms with E-state index < -0.39 is 21.6 Å². The SMILES string of the molecule is O=C(O)CCN1CCS(=O)(=O)c2cc(F)ccc21. The Bertz CT molecular complexity index is 585. The van der Waals surface area contributed by atoms with Crippen LogP contribution in [0.4, 0.5) is 10.1 Å². The van der Waals surface area contributed by atoms with Crippen LogP contribution in [0.25, 0.3) is 0 Å². The molecule has 0 fully saturated rings. The van der Waals surface area contributed by atoms with Crippen LogP contribution in [0.3, 0.4) is 0 Å². The van der Waals surface area contributed by atoms with E-state index in [1.165, 1.54) is 12.1 Å². The van der Waals surface area contributed by atoms with Crippen molar-refractivity contribution in [2.24, 2.45) is 0 Å². The van der Waals surface area contributed by atoms with Gasteiger partial charge >= 0.3 is 5.97 Å². The maximum atomic E-state index is 13.1. The molecule has 0 spiro atoms. The minimum absolute atomic E-state index is 0.0564. The number of anilines is 1. The topological polar surface area (TPSA) is 74.7 Å². The lowest BCUT2D eigenvalue weighted by Crippen LogP contribution is -2.36. The van der Waals surface area contributed by atoms with Crippen molar-refractivity contribution in [2.75, 3.05) is 23.7 Å². The van der Waals surface area contributed by atoms with Crippen molar-refractivity contribution in [1.29, 1.82) is 0 Å². The number of fused-ring (bicyclic) bond motifs is 1. The molecule has 1 aromatic rings. The zero-order valence-electron chi connectivity index (χ0n) is 9.47.